The number of carbonyl (C=O) groups excluding carboxylic acids is 1. The second-order valence-electron chi connectivity index (χ2n) is 5.46. The number of carbonyl (C=O) groups is 1. The fourth-order valence-corrected chi connectivity index (χ4v) is 2.42. The van der Waals surface area contributed by atoms with E-state index in [1.54, 1.807) is 0 Å². The molecule has 1 unspecified atom stereocenters. The van der Waals surface area contributed by atoms with Crippen LogP contribution in [0.25, 0.3) is 10.9 Å². The Balaban J connectivity index is 2.02. The standard InChI is InChI=1S/C16H18N2O/c1-11(2)16(19)15(18-7-8-18)13-9-12-5-3-4-6-14(12)17-10-13/h3-6,9-11,15H,7-8H2,1-2H3. The largest absolute Gasteiger partial charge is 0.297 e. The lowest BCUT2D eigenvalue weighted by Gasteiger charge is -2.19. The molecule has 98 valence electrons. The van der Waals surface area contributed by atoms with Gasteiger partial charge in [-0.3, -0.25) is 14.7 Å². The van der Waals surface area contributed by atoms with Crippen LogP contribution in [0.2, 0.25) is 0 Å². The molecule has 0 amide bonds. The Bertz CT molecular complexity index is 617. The molecular weight excluding hydrogens is 236 g/mol. The van der Waals surface area contributed by atoms with Crippen LogP contribution in [0.5, 0.6) is 0 Å². The van der Waals surface area contributed by atoms with E-state index in [0.717, 1.165) is 29.6 Å². The molecule has 3 heteroatoms. The van der Waals surface area contributed by atoms with Crippen LogP contribution < -0.4 is 0 Å². The molecule has 19 heavy (non-hydrogen) atoms. The van der Waals surface area contributed by atoms with Gasteiger partial charge in [-0.05, 0) is 17.7 Å². The van der Waals surface area contributed by atoms with E-state index in [2.05, 4.69) is 16.0 Å². The number of benzene rings is 1. The number of nitrogens with zero attached hydrogens (tertiary/aromatic N) is 2. The van der Waals surface area contributed by atoms with Gasteiger partial charge in [0.1, 0.15) is 0 Å². The first-order valence-electron chi connectivity index (χ1n) is 6.79. The van der Waals surface area contributed by atoms with E-state index in [4.69, 9.17) is 0 Å². The van der Waals surface area contributed by atoms with E-state index in [1.807, 2.05) is 44.3 Å². The zero-order chi connectivity index (χ0) is 13.4. The Morgan fingerprint density at radius 1 is 1.26 bits per heavy atom. The van der Waals surface area contributed by atoms with Crippen molar-refractivity contribution in [3.05, 3.63) is 42.1 Å². The van der Waals surface area contributed by atoms with Gasteiger partial charge in [0.15, 0.2) is 5.78 Å². The molecule has 0 bridgehead atoms. The van der Waals surface area contributed by atoms with Crippen LogP contribution in [0, 0.1) is 5.92 Å². The molecule has 0 saturated carbocycles. The minimum absolute atomic E-state index is 0.0528. The molecule has 1 aliphatic heterocycles. The number of aromatic nitrogens is 1. The first kappa shape index (κ1) is 12.3. The van der Waals surface area contributed by atoms with Crippen molar-refractivity contribution in [1.82, 2.24) is 9.88 Å². The molecule has 3 rings (SSSR count). The molecule has 1 aromatic carbocycles. The van der Waals surface area contributed by atoms with E-state index in [9.17, 15) is 4.79 Å². The first-order valence-corrected chi connectivity index (χ1v) is 6.79. The van der Waals surface area contributed by atoms with Crippen LogP contribution >= 0.6 is 0 Å². The zero-order valence-corrected chi connectivity index (χ0v) is 11.3. The van der Waals surface area contributed by atoms with Gasteiger partial charge >= 0.3 is 0 Å². The van der Waals surface area contributed by atoms with Gasteiger partial charge in [0, 0.05) is 30.6 Å². The fourth-order valence-electron chi connectivity index (χ4n) is 2.42. The minimum Gasteiger partial charge on any atom is -0.297 e. The van der Waals surface area contributed by atoms with E-state index in [0.29, 0.717) is 0 Å². The summed E-state index contributed by atoms with van der Waals surface area (Å²) in [6.07, 6.45) is 1.85. The molecule has 1 aliphatic rings. The zero-order valence-electron chi connectivity index (χ0n) is 11.3. The molecule has 0 spiro atoms. The van der Waals surface area contributed by atoms with E-state index in [-0.39, 0.29) is 17.7 Å². The predicted molar refractivity (Wildman–Crippen MR) is 75.9 cm³/mol. The summed E-state index contributed by atoms with van der Waals surface area (Å²) in [6.45, 7) is 5.95. The number of hydrogen-bond acceptors (Lipinski definition) is 3. The van der Waals surface area contributed by atoms with Crippen LogP contribution in [-0.2, 0) is 4.79 Å². The number of ketones is 1. The summed E-state index contributed by atoms with van der Waals surface area (Å²) >= 11 is 0. The lowest BCUT2D eigenvalue weighted by atomic mass is 9.95. The number of hydrogen-bond donors (Lipinski definition) is 0. The normalized spacial score (nSPS) is 16.8. The molecule has 1 atom stereocenters. The smallest absolute Gasteiger partial charge is 0.157 e. The third-order valence-electron chi connectivity index (χ3n) is 3.61. The molecule has 2 aromatic rings. The molecule has 0 aliphatic carbocycles. The van der Waals surface area contributed by atoms with E-state index in [1.165, 1.54) is 0 Å². The van der Waals surface area contributed by atoms with Gasteiger partial charge in [0.25, 0.3) is 0 Å². The van der Waals surface area contributed by atoms with Crippen molar-refractivity contribution in [2.45, 2.75) is 19.9 Å². The molecule has 0 radical (unpaired) electrons. The summed E-state index contributed by atoms with van der Waals surface area (Å²) in [5, 5.41) is 1.10. The number of fused-ring (bicyclic) bond motifs is 1. The van der Waals surface area contributed by atoms with Crippen molar-refractivity contribution >= 4 is 16.7 Å². The topological polar surface area (TPSA) is 33.0 Å². The van der Waals surface area contributed by atoms with Gasteiger partial charge in [0.05, 0.1) is 11.6 Å². The highest BCUT2D eigenvalue weighted by Gasteiger charge is 2.35. The van der Waals surface area contributed by atoms with Crippen molar-refractivity contribution in [2.75, 3.05) is 13.1 Å². The second kappa shape index (κ2) is 4.74. The number of pyridine rings is 1. The molecule has 3 nitrogen and oxygen atoms in total. The average Bonchev–Trinajstić information content (AvgIpc) is 3.23. The third-order valence-corrected chi connectivity index (χ3v) is 3.61. The maximum Gasteiger partial charge on any atom is 0.157 e. The van der Waals surface area contributed by atoms with Gasteiger partial charge in [0.2, 0.25) is 0 Å². The molecule has 1 fully saturated rings. The highest BCUT2D eigenvalue weighted by molar-refractivity contribution is 5.88. The summed E-state index contributed by atoms with van der Waals surface area (Å²) in [5.74, 6) is 0.339. The van der Waals surface area contributed by atoms with Crippen LogP contribution in [0.1, 0.15) is 25.5 Å². The SMILES string of the molecule is CC(C)C(=O)C(c1cnc2ccccc2c1)N1CC1. The van der Waals surface area contributed by atoms with Gasteiger partial charge in [-0.25, -0.2) is 0 Å². The predicted octanol–water partition coefficient (Wildman–Crippen LogP) is 2.82. The van der Waals surface area contributed by atoms with Crippen LogP contribution in [0.3, 0.4) is 0 Å². The molecular formula is C16H18N2O. The number of Topliss-reactive ketones (excluding diaryl/α,β-unsaturated/α-hetero) is 1. The lowest BCUT2D eigenvalue weighted by molar-refractivity contribution is -0.125. The highest BCUT2D eigenvalue weighted by Crippen LogP contribution is 2.30. The van der Waals surface area contributed by atoms with E-state index >= 15 is 0 Å². The van der Waals surface area contributed by atoms with E-state index < -0.39 is 0 Å². The molecule has 1 aromatic heterocycles. The number of rotatable bonds is 4. The van der Waals surface area contributed by atoms with Gasteiger partial charge in [-0.15, -0.1) is 0 Å². The van der Waals surface area contributed by atoms with Crippen molar-refractivity contribution in [1.29, 1.82) is 0 Å². The summed E-state index contributed by atoms with van der Waals surface area (Å²) < 4.78 is 0. The molecule has 0 N–H and O–H groups in total. The van der Waals surface area contributed by atoms with Crippen LogP contribution in [-0.4, -0.2) is 28.8 Å². The summed E-state index contributed by atoms with van der Waals surface area (Å²) in [5.41, 5.74) is 2.00. The minimum atomic E-state index is -0.114. The van der Waals surface area contributed by atoms with Crippen LogP contribution in [0.15, 0.2) is 36.5 Å². The Labute approximate surface area is 113 Å². The summed E-state index contributed by atoms with van der Waals surface area (Å²) in [6, 6.07) is 10.0. The van der Waals surface area contributed by atoms with Gasteiger partial charge in [-0.2, -0.15) is 0 Å². The van der Waals surface area contributed by atoms with Crippen LogP contribution in [0.4, 0.5) is 0 Å². The average molecular weight is 254 g/mol. The second-order valence-corrected chi connectivity index (χ2v) is 5.46. The van der Waals surface area contributed by atoms with Crippen molar-refractivity contribution in [3.8, 4) is 0 Å². The Morgan fingerprint density at radius 3 is 2.68 bits per heavy atom. The molecule has 2 heterocycles. The van der Waals surface area contributed by atoms with Crippen molar-refractivity contribution in [3.63, 3.8) is 0 Å². The first-order chi connectivity index (χ1) is 9.16. The van der Waals surface area contributed by atoms with Gasteiger partial charge < -0.3 is 0 Å². The monoisotopic (exact) mass is 254 g/mol. The Morgan fingerprint density at radius 2 is 2.00 bits per heavy atom. The molecule has 1 saturated heterocycles. The fraction of sp³-hybridized carbons (Fsp3) is 0.375. The number of para-hydroxylation sites is 1. The summed E-state index contributed by atoms with van der Waals surface area (Å²) in [7, 11) is 0. The maximum atomic E-state index is 12.4. The lowest BCUT2D eigenvalue weighted by Crippen LogP contribution is -2.24. The summed E-state index contributed by atoms with van der Waals surface area (Å²) in [4.78, 5) is 19.1. The Hall–Kier alpha value is -1.74. The quantitative estimate of drug-likeness (QED) is 0.787. The van der Waals surface area contributed by atoms with Gasteiger partial charge in [-0.1, -0.05) is 32.0 Å². The Kier molecular flexibility index (Phi) is 3.07. The third kappa shape index (κ3) is 2.38. The van der Waals surface area contributed by atoms with Crippen molar-refractivity contribution in [2.24, 2.45) is 5.92 Å². The van der Waals surface area contributed by atoms with Crippen molar-refractivity contribution < 1.29 is 4.79 Å². The highest BCUT2D eigenvalue weighted by atomic mass is 16.1. The maximum absolute atomic E-state index is 12.4.